The van der Waals surface area contributed by atoms with E-state index in [-0.39, 0.29) is 7.43 Å². The Morgan fingerprint density at radius 1 is 0.223 bits per heavy atom. The minimum absolute atomic E-state index is 0. The van der Waals surface area contributed by atoms with Gasteiger partial charge in [-0.2, -0.15) is 0 Å². The molecular weight excluding hydrogens is 1540 g/mol. The second-order valence-corrected chi connectivity index (χ2v) is 28.1. The van der Waals surface area contributed by atoms with Gasteiger partial charge in [0.15, 0.2) is 0 Å². The van der Waals surface area contributed by atoms with E-state index in [1.807, 2.05) is 17.1 Å². The average molecular weight is 1620 g/mol. The molecule has 2 aromatic heterocycles. The lowest BCUT2D eigenvalue weighted by molar-refractivity contribution is 0.635. The summed E-state index contributed by atoms with van der Waals surface area (Å²) in [4.78, 5) is 4.29. The molecule has 6 heteroatoms. The van der Waals surface area contributed by atoms with Crippen molar-refractivity contribution in [2.24, 2.45) is 0 Å². The number of rotatable bonds is 13. The van der Waals surface area contributed by atoms with Crippen LogP contribution < -0.4 is 10.2 Å². The number of alkyl halides is 1. The quantitative estimate of drug-likeness (QED) is 0.0710. The molecule has 0 amide bonds. The highest BCUT2D eigenvalue weighted by atomic mass is 127. The Labute approximate surface area is 676 Å². The summed E-state index contributed by atoms with van der Waals surface area (Å²) in [5.74, 6) is 1.78. The Bertz CT molecular complexity index is 6380. The molecule has 0 atom stereocenters. The standard InChI is InChI=1S/C52H35NO.C28H17BrO.C24H19N.CH3I.CH4/c1-4-14-36(15-5-1)38-24-30-42(31-25-38)53(43-32-26-39(27-33-43)37-16-6-2-7-17-37)44-34-28-41(29-35-44)51-49(40-18-8-3-9-19-40)50-47-22-12-10-20-45(47)46-21-11-13-23-48(46)52(50)54-51;29-20-16-14-19(15-17-20)27-25(18-8-2-1-3-9-18)26-23-12-6-4-10-21(23)22-11-5-7-13-24(22)28(26)30-27;1-3-7-19(8-4-1)21-11-15-23(16-12-21)25-24-17-13-22(14-18-24)20-9-5-2-6-10-20;1-2;/h1-35H;1-17H;1-18,25H;1H3;1H4. The Kier molecular flexibility index (Phi) is 22.0. The number of furan rings is 2. The van der Waals surface area contributed by atoms with Crippen LogP contribution in [-0.4, -0.2) is 4.93 Å². The lowest BCUT2D eigenvalue weighted by Crippen LogP contribution is -2.09. The summed E-state index contributed by atoms with van der Waals surface area (Å²) in [7, 11) is 0. The Balaban J connectivity index is 0.000000138. The molecule has 0 aliphatic rings. The smallest absolute Gasteiger partial charge is 0.143 e. The van der Waals surface area contributed by atoms with Crippen molar-refractivity contribution in [3.8, 4) is 89.4 Å². The Morgan fingerprint density at radius 3 is 0.732 bits per heavy atom. The van der Waals surface area contributed by atoms with Gasteiger partial charge in [-0.25, -0.2) is 0 Å². The maximum Gasteiger partial charge on any atom is 0.143 e. The summed E-state index contributed by atoms with van der Waals surface area (Å²) in [6, 6.07) is 149. The van der Waals surface area contributed by atoms with Crippen LogP contribution >= 0.6 is 38.5 Å². The van der Waals surface area contributed by atoms with E-state index >= 15 is 0 Å². The maximum absolute atomic E-state index is 7.03. The van der Waals surface area contributed by atoms with E-state index in [9.17, 15) is 0 Å². The van der Waals surface area contributed by atoms with Gasteiger partial charge in [-0.15, -0.1) is 0 Å². The first kappa shape index (κ1) is 73.1. The van der Waals surface area contributed by atoms with Crippen molar-refractivity contribution in [1.82, 2.24) is 0 Å². The van der Waals surface area contributed by atoms with Crippen molar-refractivity contribution in [2.75, 3.05) is 15.1 Å². The molecule has 0 radical (unpaired) electrons. The van der Waals surface area contributed by atoms with Crippen LogP contribution in [0.25, 0.3) is 154 Å². The third-order valence-electron chi connectivity index (χ3n) is 20.5. The lowest BCUT2D eigenvalue weighted by atomic mass is 9.92. The molecule has 20 rings (SSSR count). The number of nitrogens with one attached hydrogen (secondary N) is 1. The van der Waals surface area contributed by atoms with Crippen molar-refractivity contribution in [3.63, 3.8) is 0 Å². The second kappa shape index (κ2) is 33.8. The monoisotopic (exact) mass is 1620 g/mol. The van der Waals surface area contributed by atoms with E-state index in [1.165, 1.54) is 82.2 Å². The van der Waals surface area contributed by atoms with E-state index in [4.69, 9.17) is 8.83 Å². The average Bonchev–Trinajstić information content (AvgIpc) is 1.44. The molecule has 4 nitrogen and oxygen atoms in total. The number of fused-ring (bicyclic) bond motifs is 12. The summed E-state index contributed by atoms with van der Waals surface area (Å²) in [6.45, 7) is 0. The summed E-state index contributed by atoms with van der Waals surface area (Å²) < 4.78 is 14.8. The van der Waals surface area contributed by atoms with Crippen LogP contribution in [0.2, 0.25) is 0 Å². The van der Waals surface area contributed by atoms with Crippen LogP contribution in [-0.2, 0) is 0 Å². The van der Waals surface area contributed by atoms with Gasteiger partial charge >= 0.3 is 0 Å². The van der Waals surface area contributed by atoms with Crippen LogP contribution in [0.1, 0.15) is 7.43 Å². The molecule has 0 aliphatic carbocycles. The van der Waals surface area contributed by atoms with Crippen LogP contribution in [0.3, 0.4) is 0 Å². The highest BCUT2D eigenvalue weighted by Crippen LogP contribution is 2.50. The number of halogens is 2. The van der Waals surface area contributed by atoms with Crippen LogP contribution in [0.5, 0.6) is 0 Å². The zero-order valence-corrected chi connectivity index (χ0v) is 64.7. The molecule has 0 saturated carbocycles. The number of nitrogens with zero attached hydrogens (tertiary/aromatic N) is 1. The van der Waals surface area contributed by atoms with E-state index in [0.717, 1.165) is 105 Å². The third-order valence-corrected chi connectivity index (χ3v) is 21.0. The van der Waals surface area contributed by atoms with Gasteiger partial charge in [0, 0.05) is 76.7 Å². The van der Waals surface area contributed by atoms with Gasteiger partial charge in [0.25, 0.3) is 0 Å². The topological polar surface area (TPSA) is 41.6 Å². The molecule has 0 saturated heterocycles. The minimum Gasteiger partial charge on any atom is -0.455 e. The molecular formula is C106H78BrIN2O2. The highest BCUT2D eigenvalue weighted by molar-refractivity contribution is 14.1. The first-order valence-electron chi connectivity index (χ1n) is 37.3. The summed E-state index contributed by atoms with van der Waals surface area (Å²) in [6.07, 6.45) is 0. The van der Waals surface area contributed by atoms with Crippen molar-refractivity contribution >= 4 is 132 Å². The number of anilines is 5. The zero-order valence-electron chi connectivity index (χ0n) is 60.9. The van der Waals surface area contributed by atoms with Gasteiger partial charge in [-0.3, -0.25) is 0 Å². The molecule has 538 valence electrons. The number of benzene rings is 18. The summed E-state index contributed by atoms with van der Waals surface area (Å²) >= 11 is 5.70. The molecule has 0 bridgehead atoms. The van der Waals surface area contributed by atoms with Gasteiger partial charge < -0.3 is 19.1 Å². The molecule has 0 aliphatic heterocycles. The highest BCUT2D eigenvalue weighted by Gasteiger charge is 2.25. The molecule has 0 unspecified atom stereocenters. The van der Waals surface area contributed by atoms with Crippen molar-refractivity contribution in [3.05, 3.63) is 429 Å². The normalized spacial score (nSPS) is 10.9. The molecule has 112 heavy (non-hydrogen) atoms. The van der Waals surface area contributed by atoms with Crippen LogP contribution in [0.4, 0.5) is 28.4 Å². The largest absolute Gasteiger partial charge is 0.455 e. The van der Waals surface area contributed by atoms with Gasteiger partial charge in [-0.05, 0) is 178 Å². The van der Waals surface area contributed by atoms with Gasteiger partial charge in [0.1, 0.15) is 22.7 Å². The fourth-order valence-corrected chi connectivity index (χ4v) is 15.5. The number of hydrogen-bond acceptors (Lipinski definition) is 4. The molecule has 1 N–H and O–H groups in total. The van der Waals surface area contributed by atoms with Crippen molar-refractivity contribution < 1.29 is 8.83 Å². The first-order chi connectivity index (χ1) is 55.0. The zero-order chi connectivity index (χ0) is 74.8. The predicted octanol–water partition coefficient (Wildman–Crippen LogP) is 32.2. The van der Waals surface area contributed by atoms with E-state index in [0.29, 0.717) is 0 Å². The first-order valence-corrected chi connectivity index (χ1v) is 40.2. The predicted molar refractivity (Wildman–Crippen MR) is 491 cm³/mol. The van der Waals surface area contributed by atoms with Gasteiger partial charge in [0.05, 0.1) is 0 Å². The summed E-state index contributed by atoms with van der Waals surface area (Å²) in [5.41, 5.74) is 23.6. The van der Waals surface area contributed by atoms with Crippen molar-refractivity contribution in [2.45, 2.75) is 7.43 Å². The SMILES string of the molecule is Brc1ccc(-c2oc3c4ccccc4c4ccccc4c3c2-c2ccccc2)cc1.C.CI.c1ccc(-c2ccc(N(c3ccc(-c4ccccc4)cc3)c3ccc(-c4oc5c6ccccc6c6ccccc6c5c4-c4ccccc4)cc3)cc2)cc1.c1ccc(-c2ccc(Nc3ccc(-c4ccccc4)cc3)cc2)cc1. The van der Waals surface area contributed by atoms with Gasteiger partial charge in [-0.1, -0.05) is 386 Å². The third kappa shape index (κ3) is 15.1. The molecule has 18 aromatic carbocycles. The van der Waals surface area contributed by atoms with E-state index in [2.05, 4.69) is 461 Å². The van der Waals surface area contributed by atoms with Crippen LogP contribution in [0.15, 0.2) is 438 Å². The van der Waals surface area contributed by atoms with Crippen molar-refractivity contribution in [1.29, 1.82) is 0 Å². The molecule has 0 fully saturated rings. The van der Waals surface area contributed by atoms with Gasteiger partial charge in [0.2, 0.25) is 0 Å². The Hall–Kier alpha value is -13.1. The minimum atomic E-state index is 0. The second-order valence-electron chi connectivity index (χ2n) is 27.2. The molecule has 20 aromatic rings. The lowest BCUT2D eigenvalue weighted by Gasteiger charge is -2.26. The van der Waals surface area contributed by atoms with E-state index < -0.39 is 0 Å². The maximum atomic E-state index is 7.03. The van der Waals surface area contributed by atoms with Crippen LogP contribution in [0, 0.1) is 0 Å². The molecule has 0 spiro atoms. The number of hydrogen-bond donors (Lipinski definition) is 1. The Morgan fingerprint density at radius 2 is 0.438 bits per heavy atom. The van der Waals surface area contributed by atoms with E-state index in [1.54, 1.807) is 0 Å². The fourth-order valence-electron chi connectivity index (χ4n) is 15.2. The fraction of sp³-hybridized carbons (Fsp3) is 0.0189. The molecule has 2 heterocycles. The summed E-state index contributed by atoms with van der Waals surface area (Å²) in [5, 5.41) is 15.4.